The Morgan fingerprint density at radius 3 is 2.76 bits per heavy atom. The second-order valence-electron chi connectivity index (χ2n) is 4.01. The van der Waals surface area contributed by atoms with Gasteiger partial charge in [-0.3, -0.25) is 0 Å². The van der Waals surface area contributed by atoms with Crippen molar-refractivity contribution in [3.8, 4) is 5.88 Å². The second kappa shape index (κ2) is 8.79. The van der Waals surface area contributed by atoms with Gasteiger partial charge in [0.15, 0.2) is 0 Å². The SMILES string of the molecule is CCCCCCCOc1ccnc(NCC)n1. The van der Waals surface area contributed by atoms with Crippen LogP contribution in [0.15, 0.2) is 12.3 Å². The first-order valence-electron chi connectivity index (χ1n) is 6.56. The number of nitrogens with one attached hydrogen (secondary N) is 1. The van der Waals surface area contributed by atoms with Crippen LogP contribution >= 0.6 is 0 Å². The number of nitrogens with zero attached hydrogens (tertiary/aromatic N) is 2. The average molecular weight is 237 g/mol. The molecule has 17 heavy (non-hydrogen) atoms. The Labute approximate surface area is 104 Å². The number of aromatic nitrogens is 2. The van der Waals surface area contributed by atoms with E-state index in [1.807, 2.05) is 6.92 Å². The Hall–Kier alpha value is -1.32. The number of hydrogen-bond acceptors (Lipinski definition) is 4. The highest BCUT2D eigenvalue weighted by Crippen LogP contribution is 2.09. The van der Waals surface area contributed by atoms with E-state index >= 15 is 0 Å². The van der Waals surface area contributed by atoms with Crippen molar-refractivity contribution in [1.82, 2.24) is 9.97 Å². The summed E-state index contributed by atoms with van der Waals surface area (Å²) in [7, 11) is 0. The van der Waals surface area contributed by atoms with Gasteiger partial charge in [0.1, 0.15) is 0 Å². The van der Waals surface area contributed by atoms with Crippen LogP contribution in [-0.4, -0.2) is 23.1 Å². The fourth-order valence-corrected chi connectivity index (χ4v) is 1.55. The zero-order chi connectivity index (χ0) is 12.3. The molecule has 1 aromatic rings. The molecule has 0 unspecified atom stereocenters. The molecule has 4 heteroatoms. The standard InChI is InChI=1S/C13H23N3O/c1-3-5-6-7-8-11-17-12-9-10-15-13(16-12)14-4-2/h9-10H,3-8,11H2,1-2H3,(H,14,15,16). The minimum absolute atomic E-state index is 0.635. The van der Waals surface area contributed by atoms with Crippen LogP contribution in [0, 0.1) is 0 Å². The highest BCUT2D eigenvalue weighted by Gasteiger charge is 1.98. The van der Waals surface area contributed by atoms with Crippen LogP contribution in [0.2, 0.25) is 0 Å². The third-order valence-corrected chi connectivity index (χ3v) is 2.46. The summed E-state index contributed by atoms with van der Waals surface area (Å²) in [5, 5.41) is 3.06. The molecule has 1 rings (SSSR count). The van der Waals surface area contributed by atoms with Gasteiger partial charge in [-0.25, -0.2) is 4.98 Å². The molecule has 0 radical (unpaired) electrons. The molecule has 0 aliphatic heterocycles. The minimum atomic E-state index is 0.635. The molecule has 1 heterocycles. The summed E-state index contributed by atoms with van der Waals surface area (Å²) < 4.78 is 5.58. The average Bonchev–Trinajstić information content (AvgIpc) is 2.35. The monoisotopic (exact) mass is 237 g/mol. The zero-order valence-electron chi connectivity index (χ0n) is 10.9. The third-order valence-electron chi connectivity index (χ3n) is 2.46. The predicted octanol–water partition coefficient (Wildman–Crippen LogP) is 3.26. The first kappa shape index (κ1) is 13.7. The lowest BCUT2D eigenvalue weighted by molar-refractivity contribution is 0.293. The number of ether oxygens (including phenoxy) is 1. The van der Waals surface area contributed by atoms with Crippen molar-refractivity contribution in [1.29, 1.82) is 0 Å². The van der Waals surface area contributed by atoms with Crippen LogP contribution < -0.4 is 10.1 Å². The molecular weight excluding hydrogens is 214 g/mol. The number of unbranched alkanes of at least 4 members (excludes halogenated alkanes) is 4. The Morgan fingerprint density at radius 1 is 1.18 bits per heavy atom. The highest BCUT2D eigenvalue weighted by atomic mass is 16.5. The summed E-state index contributed by atoms with van der Waals surface area (Å²) >= 11 is 0. The number of hydrogen-bond donors (Lipinski definition) is 1. The first-order chi connectivity index (χ1) is 8.36. The zero-order valence-corrected chi connectivity index (χ0v) is 10.9. The lowest BCUT2D eigenvalue weighted by Crippen LogP contribution is -2.04. The van der Waals surface area contributed by atoms with Crippen molar-refractivity contribution >= 4 is 5.95 Å². The molecule has 0 aliphatic rings. The maximum atomic E-state index is 5.58. The van der Waals surface area contributed by atoms with Gasteiger partial charge in [0, 0.05) is 18.8 Å². The van der Waals surface area contributed by atoms with Gasteiger partial charge in [-0.15, -0.1) is 0 Å². The van der Waals surface area contributed by atoms with Crippen molar-refractivity contribution in [2.24, 2.45) is 0 Å². The number of anilines is 1. The van der Waals surface area contributed by atoms with Crippen LogP contribution in [0.1, 0.15) is 46.0 Å². The van der Waals surface area contributed by atoms with Gasteiger partial charge < -0.3 is 10.1 Å². The Morgan fingerprint density at radius 2 is 2.00 bits per heavy atom. The molecule has 1 N–H and O–H groups in total. The van der Waals surface area contributed by atoms with E-state index in [2.05, 4.69) is 22.2 Å². The lowest BCUT2D eigenvalue weighted by atomic mass is 10.2. The molecule has 96 valence electrons. The van der Waals surface area contributed by atoms with Gasteiger partial charge in [-0.2, -0.15) is 4.98 Å². The van der Waals surface area contributed by atoms with E-state index in [0.29, 0.717) is 11.8 Å². The predicted molar refractivity (Wildman–Crippen MR) is 70.4 cm³/mol. The third kappa shape index (κ3) is 6.09. The smallest absolute Gasteiger partial charge is 0.225 e. The lowest BCUT2D eigenvalue weighted by Gasteiger charge is -2.06. The summed E-state index contributed by atoms with van der Waals surface area (Å²) in [5.41, 5.74) is 0. The fraction of sp³-hybridized carbons (Fsp3) is 0.692. The van der Waals surface area contributed by atoms with Crippen molar-refractivity contribution in [3.63, 3.8) is 0 Å². The minimum Gasteiger partial charge on any atom is -0.478 e. The van der Waals surface area contributed by atoms with Crippen LogP contribution in [0.25, 0.3) is 0 Å². The fourth-order valence-electron chi connectivity index (χ4n) is 1.55. The molecule has 0 saturated carbocycles. The quantitative estimate of drug-likeness (QED) is 0.670. The molecule has 0 aromatic carbocycles. The van der Waals surface area contributed by atoms with Crippen LogP contribution in [-0.2, 0) is 0 Å². The molecule has 0 saturated heterocycles. The summed E-state index contributed by atoms with van der Waals surface area (Å²) in [5.74, 6) is 1.29. The highest BCUT2D eigenvalue weighted by molar-refractivity contribution is 5.26. The number of rotatable bonds is 9. The van der Waals surface area contributed by atoms with Gasteiger partial charge in [0.2, 0.25) is 11.8 Å². The largest absolute Gasteiger partial charge is 0.478 e. The van der Waals surface area contributed by atoms with Crippen LogP contribution in [0.4, 0.5) is 5.95 Å². The summed E-state index contributed by atoms with van der Waals surface area (Å²) in [6.45, 7) is 5.80. The van der Waals surface area contributed by atoms with Crippen LogP contribution in [0.3, 0.4) is 0 Å². The van der Waals surface area contributed by atoms with Gasteiger partial charge in [0.25, 0.3) is 0 Å². The molecule has 0 bridgehead atoms. The molecule has 0 amide bonds. The van der Waals surface area contributed by atoms with Crippen molar-refractivity contribution in [2.45, 2.75) is 46.0 Å². The van der Waals surface area contributed by atoms with Crippen molar-refractivity contribution < 1.29 is 4.74 Å². The second-order valence-corrected chi connectivity index (χ2v) is 4.01. The molecule has 0 fully saturated rings. The maximum absolute atomic E-state index is 5.58. The normalized spacial score (nSPS) is 10.2. The molecule has 0 aliphatic carbocycles. The van der Waals surface area contributed by atoms with Crippen molar-refractivity contribution in [3.05, 3.63) is 12.3 Å². The Bertz CT molecular complexity index is 304. The molecular formula is C13H23N3O. The van der Waals surface area contributed by atoms with Gasteiger partial charge in [0.05, 0.1) is 6.61 Å². The Kier molecular flexibility index (Phi) is 7.11. The Balaban J connectivity index is 2.19. The molecule has 1 aromatic heterocycles. The van der Waals surface area contributed by atoms with E-state index in [1.54, 1.807) is 12.3 Å². The van der Waals surface area contributed by atoms with Gasteiger partial charge >= 0.3 is 0 Å². The van der Waals surface area contributed by atoms with E-state index in [0.717, 1.165) is 19.6 Å². The first-order valence-corrected chi connectivity index (χ1v) is 6.56. The molecule has 0 atom stereocenters. The van der Waals surface area contributed by atoms with Gasteiger partial charge in [-0.1, -0.05) is 32.6 Å². The molecule has 4 nitrogen and oxygen atoms in total. The van der Waals surface area contributed by atoms with E-state index in [4.69, 9.17) is 4.74 Å². The topological polar surface area (TPSA) is 47.0 Å². The van der Waals surface area contributed by atoms with E-state index < -0.39 is 0 Å². The summed E-state index contributed by atoms with van der Waals surface area (Å²) in [6, 6.07) is 1.80. The summed E-state index contributed by atoms with van der Waals surface area (Å²) in [4.78, 5) is 8.35. The van der Waals surface area contributed by atoms with Gasteiger partial charge in [-0.05, 0) is 13.3 Å². The van der Waals surface area contributed by atoms with E-state index in [1.165, 1.54) is 25.7 Å². The van der Waals surface area contributed by atoms with E-state index in [-0.39, 0.29) is 0 Å². The van der Waals surface area contributed by atoms with Crippen molar-refractivity contribution in [2.75, 3.05) is 18.5 Å². The summed E-state index contributed by atoms with van der Waals surface area (Å²) in [6.07, 6.45) is 7.94. The van der Waals surface area contributed by atoms with E-state index in [9.17, 15) is 0 Å². The maximum Gasteiger partial charge on any atom is 0.225 e. The van der Waals surface area contributed by atoms with Crippen LogP contribution in [0.5, 0.6) is 5.88 Å². The molecule has 0 spiro atoms.